The van der Waals surface area contributed by atoms with E-state index in [4.69, 9.17) is 5.55 Å². The van der Waals surface area contributed by atoms with E-state index in [2.05, 4.69) is 0 Å². The standard InChI is InChI=1S/C12H18O3S/c1-3-4-5-10-15-16(13,14)12-8-6-11(2)7-9-12/h6-9H,3-5,10H2,1-2H3/i1D. The van der Waals surface area contributed by atoms with Gasteiger partial charge in [0.25, 0.3) is 10.1 Å². The minimum Gasteiger partial charge on any atom is -0.266 e. The molecule has 0 heterocycles. The zero-order valence-corrected chi connectivity index (χ0v) is 10.3. The van der Waals surface area contributed by atoms with Gasteiger partial charge in [-0.25, -0.2) is 0 Å². The summed E-state index contributed by atoms with van der Waals surface area (Å²) in [5.41, 5.74) is 1.01. The topological polar surface area (TPSA) is 43.4 Å². The predicted octanol–water partition coefficient (Wildman–Crippen LogP) is 2.89. The molecule has 0 fully saturated rings. The smallest absolute Gasteiger partial charge is 0.266 e. The molecule has 0 aliphatic rings. The van der Waals surface area contributed by atoms with Crippen molar-refractivity contribution in [2.45, 2.75) is 38.0 Å². The van der Waals surface area contributed by atoms with Crippen molar-refractivity contribution in [2.75, 3.05) is 6.61 Å². The van der Waals surface area contributed by atoms with Crippen LogP contribution in [0.15, 0.2) is 29.2 Å². The van der Waals surface area contributed by atoms with Crippen LogP contribution >= 0.6 is 0 Å². The van der Waals surface area contributed by atoms with Crippen molar-refractivity contribution in [3.63, 3.8) is 0 Å². The normalized spacial score (nSPS) is 12.4. The second-order valence-electron chi connectivity index (χ2n) is 3.65. The molecule has 90 valence electrons. The quantitative estimate of drug-likeness (QED) is 0.570. The van der Waals surface area contributed by atoms with Crippen LogP contribution in [-0.4, -0.2) is 15.0 Å². The molecule has 1 aromatic carbocycles. The lowest BCUT2D eigenvalue weighted by atomic mass is 10.2. The van der Waals surface area contributed by atoms with Gasteiger partial charge in [-0.2, -0.15) is 8.42 Å². The molecular formula is C12H18O3S. The molecule has 1 aromatic rings. The molecule has 0 spiro atoms. The van der Waals surface area contributed by atoms with E-state index in [0.29, 0.717) is 13.3 Å². The molecule has 0 atom stereocenters. The average Bonchev–Trinajstić information content (AvgIpc) is 2.29. The van der Waals surface area contributed by atoms with Crippen molar-refractivity contribution in [1.82, 2.24) is 0 Å². The van der Waals surface area contributed by atoms with Crippen LogP contribution in [0.2, 0.25) is 0 Å². The van der Waals surface area contributed by atoms with E-state index in [9.17, 15) is 8.42 Å². The van der Waals surface area contributed by atoms with Crippen LogP contribution < -0.4 is 0 Å². The summed E-state index contributed by atoms with van der Waals surface area (Å²) in [7, 11) is -3.61. The summed E-state index contributed by atoms with van der Waals surface area (Å²) in [4.78, 5) is 0.198. The molecule has 0 aliphatic carbocycles. The Morgan fingerprint density at radius 3 is 2.56 bits per heavy atom. The fourth-order valence-corrected chi connectivity index (χ4v) is 2.16. The first kappa shape index (κ1) is 11.6. The fraction of sp³-hybridized carbons (Fsp3) is 0.500. The van der Waals surface area contributed by atoms with Crippen LogP contribution in [0.3, 0.4) is 0 Å². The summed E-state index contributed by atoms with van der Waals surface area (Å²) in [6.07, 6.45) is 2.28. The van der Waals surface area contributed by atoms with Gasteiger partial charge in [0.2, 0.25) is 0 Å². The maximum atomic E-state index is 11.7. The van der Waals surface area contributed by atoms with Gasteiger partial charge in [0.1, 0.15) is 0 Å². The first-order valence-electron chi connectivity index (χ1n) is 6.02. The number of hydrogen-bond acceptors (Lipinski definition) is 3. The van der Waals surface area contributed by atoms with Gasteiger partial charge in [0.15, 0.2) is 0 Å². The van der Waals surface area contributed by atoms with Gasteiger partial charge in [-0.1, -0.05) is 37.4 Å². The lowest BCUT2D eigenvalue weighted by Gasteiger charge is -2.05. The Labute approximate surface area is 99.0 Å². The Morgan fingerprint density at radius 1 is 1.25 bits per heavy atom. The van der Waals surface area contributed by atoms with Gasteiger partial charge in [0, 0.05) is 1.37 Å². The highest BCUT2D eigenvalue weighted by molar-refractivity contribution is 7.86. The molecule has 0 N–H and O–H groups in total. The molecule has 0 bridgehead atoms. The zero-order chi connectivity index (χ0) is 12.7. The lowest BCUT2D eigenvalue weighted by molar-refractivity contribution is 0.308. The van der Waals surface area contributed by atoms with Crippen molar-refractivity contribution in [3.05, 3.63) is 29.8 Å². The monoisotopic (exact) mass is 243 g/mol. The molecule has 0 aromatic heterocycles. The van der Waals surface area contributed by atoms with Crippen molar-refractivity contribution in [1.29, 1.82) is 0 Å². The lowest BCUT2D eigenvalue weighted by Crippen LogP contribution is -2.07. The van der Waals surface area contributed by atoms with Gasteiger partial charge in [-0.3, -0.25) is 4.18 Å². The molecule has 16 heavy (non-hydrogen) atoms. The third kappa shape index (κ3) is 3.94. The van der Waals surface area contributed by atoms with Gasteiger partial charge >= 0.3 is 0 Å². The van der Waals surface area contributed by atoms with Crippen LogP contribution in [0, 0.1) is 6.92 Å². The van der Waals surface area contributed by atoms with E-state index in [0.717, 1.165) is 18.4 Å². The molecule has 0 saturated heterocycles. The highest BCUT2D eigenvalue weighted by Gasteiger charge is 2.13. The van der Waals surface area contributed by atoms with Gasteiger partial charge in [0.05, 0.1) is 11.5 Å². The largest absolute Gasteiger partial charge is 0.296 e. The minimum atomic E-state index is -3.61. The average molecular weight is 243 g/mol. The number of rotatable bonds is 6. The third-order valence-corrected chi connectivity index (χ3v) is 3.52. The van der Waals surface area contributed by atoms with Gasteiger partial charge < -0.3 is 0 Å². The van der Waals surface area contributed by atoms with E-state index in [1.807, 2.05) is 6.92 Å². The minimum absolute atomic E-state index is 0.191. The molecule has 3 nitrogen and oxygen atoms in total. The summed E-state index contributed by atoms with van der Waals surface area (Å²) in [5.74, 6) is 0. The maximum absolute atomic E-state index is 11.7. The van der Waals surface area contributed by atoms with Crippen LogP contribution in [0.5, 0.6) is 0 Å². The summed E-state index contributed by atoms with van der Waals surface area (Å²) in [6, 6.07) is 6.59. The van der Waals surface area contributed by atoms with Crippen LogP contribution in [-0.2, 0) is 14.3 Å². The Bertz CT molecular complexity index is 426. The summed E-state index contributed by atoms with van der Waals surface area (Å²) in [5, 5.41) is 0. The number of benzene rings is 1. The molecule has 0 aliphatic heterocycles. The molecule has 0 saturated carbocycles. The SMILES string of the molecule is [2H]CCCCCOS(=O)(=O)c1ccc(C)cc1. The van der Waals surface area contributed by atoms with Crippen LogP contribution in [0.4, 0.5) is 0 Å². The second-order valence-corrected chi connectivity index (χ2v) is 5.27. The van der Waals surface area contributed by atoms with Crippen LogP contribution in [0.25, 0.3) is 0 Å². The highest BCUT2D eigenvalue weighted by Crippen LogP contribution is 2.13. The number of aryl methyl sites for hydroxylation is 1. The predicted molar refractivity (Wildman–Crippen MR) is 63.8 cm³/mol. The summed E-state index contributed by atoms with van der Waals surface area (Å²) < 4.78 is 35.3. The molecule has 4 heteroatoms. The number of unbranched alkanes of at least 4 members (excludes halogenated alkanes) is 2. The molecular weight excluding hydrogens is 224 g/mol. The highest BCUT2D eigenvalue weighted by atomic mass is 32.2. The Morgan fingerprint density at radius 2 is 1.94 bits per heavy atom. The summed E-state index contributed by atoms with van der Waals surface area (Å²) in [6.45, 7) is 2.47. The van der Waals surface area contributed by atoms with E-state index in [1.54, 1.807) is 24.3 Å². The Kier molecular flexibility index (Phi) is 4.36. The van der Waals surface area contributed by atoms with Crippen LogP contribution in [0.1, 0.15) is 33.1 Å². The second kappa shape index (κ2) is 6.01. The van der Waals surface area contributed by atoms with Gasteiger partial charge in [-0.05, 0) is 25.5 Å². The number of hydrogen-bond donors (Lipinski definition) is 0. The molecule has 0 unspecified atom stereocenters. The van der Waals surface area contributed by atoms with E-state index < -0.39 is 10.1 Å². The first-order valence-corrected chi connectivity index (χ1v) is 6.72. The third-order valence-electron chi connectivity index (χ3n) is 2.19. The van der Waals surface area contributed by atoms with E-state index in [1.165, 1.54) is 0 Å². The maximum Gasteiger partial charge on any atom is 0.296 e. The van der Waals surface area contributed by atoms with Crippen molar-refractivity contribution < 1.29 is 14.0 Å². The zero-order valence-electron chi connectivity index (χ0n) is 10.5. The molecule has 0 radical (unpaired) electrons. The van der Waals surface area contributed by atoms with E-state index >= 15 is 0 Å². The summed E-state index contributed by atoms with van der Waals surface area (Å²) >= 11 is 0. The first-order chi connectivity index (χ1) is 8.06. The fourth-order valence-electron chi connectivity index (χ4n) is 1.22. The Balaban J connectivity index is 2.48. The molecule has 1 rings (SSSR count). The van der Waals surface area contributed by atoms with E-state index in [-0.39, 0.29) is 11.5 Å². The van der Waals surface area contributed by atoms with Crippen molar-refractivity contribution >= 4 is 10.1 Å². The molecule has 0 amide bonds. The van der Waals surface area contributed by atoms with Crippen molar-refractivity contribution in [3.8, 4) is 0 Å². The van der Waals surface area contributed by atoms with Gasteiger partial charge in [-0.15, -0.1) is 0 Å². The Hall–Kier alpha value is -0.870. The van der Waals surface area contributed by atoms with Crippen molar-refractivity contribution in [2.24, 2.45) is 0 Å².